The Morgan fingerprint density at radius 1 is 1.33 bits per heavy atom. The lowest BCUT2D eigenvalue weighted by molar-refractivity contribution is 0.771. The lowest BCUT2D eigenvalue weighted by atomic mass is 10.2. The van der Waals surface area contributed by atoms with E-state index in [0.717, 1.165) is 22.9 Å². The third kappa shape index (κ3) is 2.07. The van der Waals surface area contributed by atoms with Crippen LogP contribution >= 0.6 is 11.6 Å². The van der Waals surface area contributed by atoms with Crippen LogP contribution in [0.5, 0.6) is 0 Å². The monoisotopic (exact) mass is 225 g/mol. The molecule has 0 amide bonds. The van der Waals surface area contributed by atoms with Crippen LogP contribution in [-0.4, -0.2) is 16.2 Å². The van der Waals surface area contributed by atoms with E-state index in [1.807, 2.05) is 13.8 Å². The average molecular weight is 226 g/mol. The molecule has 1 fully saturated rings. The topological polar surface area (TPSA) is 37.8 Å². The molecule has 3 nitrogen and oxygen atoms in total. The predicted octanol–water partition coefficient (Wildman–Crippen LogP) is 2.96. The highest BCUT2D eigenvalue weighted by Crippen LogP contribution is 2.36. The van der Waals surface area contributed by atoms with Crippen molar-refractivity contribution in [1.82, 2.24) is 10.2 Å². The third-order valence-corrected chi connectivity index (χ3v) is 3.59. The van der Waals surface area contributed by atoms with Crippen LogP contribution in [0.25, 0.3) is 0 Å². The van der Waals surface area contributed by atoms with Crippen molar-refractivity contribution in [2.75, 3.05) is 5.32 Å². The van der Waals surface area contributed by atoms with Crippen LogP contribution in [0.15, 0.2) is 0 Å². The number of hydrogen-bond acceptors (Lipinski definition) is 3. The van der Waals surface area contributed by atoms with Gasteiger partial charge in [0, 0.05) is 6.04 Å². The molecule has 1 aromatic rings. The number of rotatable bonds is 3. The van der Waals surface area contributed by atoms with Crippen molar-refractivity contribution in [2.45, 2.75) is 39.7 Å². The van der Waals surface area contributed by atoms with Gasteiger partial charge in [-0.3, -0.25) is 0 Å². The Hall–Kier alpha value is -0.830. The zero-order valence-electron chi connectivity index (χ0n) is 9.34. The van der Waals surface area contributed by atoms with E-state index < -0.39 is 0 Å². The summed E-state index contributed by atoms with van der Waals surface area (Å²) < 4.78 is 0. The highest BCUT2D eigenvalue weighted by Gasteiger charge is 2.35. The fourth-order valence-electron chi connectivity index (χ4n) is 1.76. The van der Waals surface area contributed by atoms with Gasteiger partial charge in [0.2, 0.25) is 0 Å². The van der Waals surface area contributed by atoms with E-state index in [0.29, 0.717) is 11.2 Å². The lowest BCUT2D eigenvalue weighted by Gasteiger charge is -2.09. The van der Waals surface area contributed by atoms with Gasteiger partial charge in [0.1, 0.15) is 0 Å². The van der Waals surface area contributed by atoms with E-state index in [-0.39, 0.29) is 0 Å². The Kier molecular flexibility index (Phi) is 2.83. The van der Waals surface area contributed by atoms with Crippen LogP contribution in [0.1, 0.15) is 30.9 Å². The lowest BCUT2D eigenvalue weighted by Crippen LogP contribution is -2.09. The van der Waals surface area contributed by atoms with Gasteiger partial charge in [-0.05, 0) is 37.3 Å². The average Bonchev–Trinajstić information content (AvgIpc) is 2.98. The van der Waals surface area contributed by atoms with Crippen molar-refractivity contribution >= 4 is 17.4 Å². The van der Waals surface area contributed by atoms with E-state index in [1.165, 1.54) is 12.8 Å². The van der Waals surface area contributed by atoms with E-state index in [4.69, 9.17) is 11.6 Å². The first-order chi connectivity index (χ1) is 7.13. The van der Waals surface area contributed by atoms with E-state index in [2.05, 4.69) is 22.4 Å². The molecule has 0 aromatic carbocycles. The first kappa shape index (κ1) is 10.7. The molecule has 4 heteroatoms. The number of nitrogens with zero attached hydrogens (tertiary/aromatic N) is 2. The van der Waals surface area contributed by atoms with Gasteiger partial charge in [-0.1, -0.05) is 24.9 Å². The van der Waals surface area contributed by atoms with Crippen molar-refractivity contribution in [3.8, 4) is 0 Å². The molecule has 0 radical (unpaired) electrons. The summed E-state index contributed by atoms with van der Waals surface area (Å²) in [6, 6.07) is 0.587. The van der Waals surface area contributed by atoms with E-state index >= 15 is 0 Å². The summed E-state index contributed by atoms with van der Waals surface area (Å²) in [5, 5.41) is 11.9. The molecule has 1 aliphatic rings. The maximum atomic E-state index is 5.89. The summed E-state index contributed by atoms with van der Waals surface area (Å²) in [5.41, 5.74) is 2.12. The van der Waals surface area contributed by atoms with Gasteiger partial charge in [-0.2, -0.15) is 0 Å². The Balaban J connectivity index is 2.13. The standard InChI is InChI=1S/C11H16ClN3/c1-4-8-5-9(8)13-11-7(3)6(2)10(12)14-15-11/h8-9H,4-5H2,1-3H3,(H,13,15). The number of aromatic nitrogens is 2. The zero-order valence-corrected chi connectivity index (χ0v) is 10.1. The second-order valence-corrected chi connectivity index (χ2v) is 4.60. The van der Waals surface area contributed by atoms with Gasteiger partial charge in [-0.15, -0.1) is 10.2 Å². The van der Waals surface area contributed by atoms with Crippen LogP contribution in [0, 0.1) is 19.8 Å². The Labute approximate surface area is 95.2 Å². The molecule has 1 saturated carbocycles. The predicted molar refractivity (Wildman–Crippen MR) is 62.3 cm³/mol. The Bertz CT molecular complexity index is 378. The molecule has 82 valence electrons. The number of anilines is 1. The summed E-state index contributed by atoms with van der Waals surface area (Å²) in [5.74, 6) is 1.69. The number of hydrogen-bond donors (Lipinski definition) is 1. The molecular weight excluding hydrogens is 210 g/mol. The summed E-state index contributed by atoms with van der Waals surface area (Å²) in [4.78, 5) is 0. The van der Waals surface area contributed by atoms with Gasteiger partial charge < -0.3 is 5.32 Å². The van der Waals surface area contributed by atoms with Crippen molar-refractivity contribution in [3.05, 3.63) is 16.3 Å². The normalized spacial score (nSPS) is 24.0. The maximum absolute atomic E-state index is 5.89. The number of halogens is 1. The Morgan fingerprint density at radius 2 is 2.07 bits per heavy atom. The van der Waals surface area contributed by atoms with Crippen molar-refractivity contribution in [1.29, 1.82) is 0 Å². The van der Waals surface area contributed by atoms with E-state index in [9.17, 15) is 0 Å². The molecule has 2 unspecified atom stereocenters. The quantitative estimate of drug-likeness (QED) is 0.860. The third-order valence-electron chi connectivity index (χ3n) is 3.23. The molecule has 0 bridgehead atoms. The summed E-state index contributed by atoms with van der Waals surface area (Å²) >= 11 is 5.89. The highest BCUT2D eigenvalue weighted by atomic mass is 35.5. The first-order valence-corrected chi connectivity index (χ1v) is 5.77. The smallest absolute Gasteiger partial charge is 0.155 e. The van der Waals surface area contributed by atoms with Gasteiger partial charge >= 0.3 is 0 Å². The molecule has 1 aliphatic carbocycles. The van der Waals surface area contributed by atoms with Crippen LogP contribution in [-0.2, 0) is 0 Å². The minimum absolute atomic E-state index is 0.501. The minimum atomic E-state index is 0.501. The Morgan fingerprint density at radius 3 is 2.67 bits per heavy atom. The molecule has 2 rings (SSSR count). The molecule has 2 atom stereocenters. The molecule has 0 aliphatic heterocycles. The fourth-order valence-corrected chi connectivity index (χ4v) is 1.94. The summed E-state index contributed by atoms with van der Waals surface area (Å²) in [7, 11) is 0. The molecule has 1 heterocycles. The molecular formula is C11H16ClN3. The first-order valence-electron chi connectivity index (χ1n) is 5.39. The van der Waals surface area contributed by atoms with Gasteiger partial charge in [-0.25, -0.2) is 0 Å². The van der Waals surface area contributed by atoms with Crippen LogP contribution < -0.4 is 5.32 Å². The van der Waals surface area contributed by atoms with Crippen LogP contribution in [0.3, 0.4) is 0 Å². The molecule has 0 saturated heterocycles. The van der Waals surface area contributed by atoms with Crippen molar-refractivity contribution in [3.63, 3.8) is 0 Å². The largest absolute Gasteiger partial charge is 0.365 e. The van der Waals surface area contributed by atoms with Gasteiger partial charge in [0.15, 0.2) is 11.0 Å². The van der Waals surface area contributed by atoms with Crippen LogP contribution in [0.4, 0.5) is 5.82 Å². The maximum Gasteiger partial charge on any atom is 0.155 e. The molecule has 0 spiro atoms. The summed E-state index contributed by atoms with van der Waals surface area (Å²) in [6.07, 6.45) is 2.48. The number of nitrogens with one attached hydrogen (secondary N) is 1. The second kappa shape index (κ2) is 3.97. The second-order valence-electron chi connectivity index (χ2n) is 4.24. The minimum Gasteiger partial charge on any atom is -0.365 e. The fraction of sp³-hybridized carbons (Fsp3) is 0.636. The van der Waals surface area contributed by atoms with Gasteiger partial charge in [0.05, 0.1) is 0 Å². The summed E-state index contributed by atoms with van der Waals surface area (Å²) in [6.45, 7) is 6.22. The molecule has 1 aromatic heterocycles. The van der Waals surface area contributed by atoms with E-state index in [1.54, 1.807) is 0 Å². The molecule has 15 heavy (non-hydrogen) atoms. The molecule has 1 N–H and O–H groups in total. The highest BCUT2D eigenvalue weighted by molar-refractivity contribution is 6.30. The van der Waals surface area contributed by atoms with Gasteiger partial charge in [0.25, 0.3) is 0 Å². The zero-order chi connectivity index (χ0) is 11.0. The van der Waals surface area contributed by atoms with Crippen molar-refractivity contribution < 1.29 is 0 Å². The van der Waals surface area contributed by atoms with Crippen LogP contribution in [0.2, 0.25) is 5.15 Å². The SMILES string of the molecule is CCC1CC1Nc1nnc(Cl)c(C)c1C. The van der Waals surface area contributed by atoms with Crippen molar-refractivity contribution in [2.24, 2.45) is 5.92 Å².